The van der Waals surface area contributed by atoms with E-state index < -0.39 is 6.04 Å². The highest BCUT2D eigenvalue weighted by Crippen LogP contribution is 2.20. The molecule has 1 atom stereocenters. The lowest BCUT2D eigenvalue weighted by Crippen LogP contribution is -2.52. The lowest BCUT2D eigenvalue weighted by atomic mass is 10.0. The highest BCUT2D eigenvalue weighted by molar-refractivity contribution is 5.88. The van der Waals surface area contributed by atoms with E-state index in [1.807, 2.05) is 76.2 Å². The van der Waals surface area contributed by atoms with Crippen molar-refractivity contribution in [2.45, 2.75) is 46.7 Å². The molecule has 0 aromatic heterocycles. The van der Waals surface area contributed by atoms with Crippen molar-refractivity contribution in [3.63, 3.8) is 0 Å². The van der Waals surface area contributed by atoms with Crippen LogP contribution in [0.3, 0.4) is 0 Å². The maximum atomic E-state index is 13.6. The molecule has 0 fully saturated rings. The van der Waals surface area contributed by atoms with Gasteiger partial charge in [-0.15, -0.1) is 0 Å². The number of amides is 2. The minimum atomic E-state index is -0.758. The minimum absolute atomic E-state index is 0.155. The van der Waals surface area contributed by atoms with Crippen LogP contribution in [-0.2, 0) is 22.6 Å². The lowest BCUT2D eigenvalue weighted by Gasteiger charge is -2.31. The van der Waals surface area contributed by atoms with Gasteiger partial charge in [0.2, 0.25) is 5.91 Å². The SMILES string of the molecule is Cc1ccc(C)c(OCC(=O)N(Cc2ccc(F)cc2)[C@@H](Cc2ccccc2)C(=O)NCC(C)C)c1. The van der Waals surface area contributed by atoms with Gasteiger partial charge < -0.3 is 15.0 Å². The van der Waals surface area contributed by atoms with Crippen molar-refractivity contribution in [2.24, 2.45) is 5.92 Å². The third-order valence-electron chi connectivity index (χ3n) is 5.92. The smallest absolute Gasteiger partial charge is 0.261 e. The first-order chi connectivity index (χ1) is 17.2. The van der Waals surface area contributed by atoms with Crippen molar-refractivity contribution < 1.29 is 18.7 Å². The molecule has 0 aliphatic carbocycles. The van der Waals surface area contributed by atoms with Crippen LogP contribution in [0.2, 0.25) is 0 Å². The molecule has 3 aromatic carbocycles. The Balaban J connectivity index is 1.91. The Bertz CT molecular complexity index is 1150. The Morgan fingerprint density at radius 3 is 2.31 bits per heavy atom. The largest absolute Gasteiger partial charge is 0.483 e. The van der Waals surface area contributed by atoms with Crippen LogP contribution in [0, 0.1) is 25.6 Å². The van der Waals surface area contributed by atoms with Gasteiger partial charge in [-0.1, -0.05) is 68.4 Å². The summed E-state index contributed by atoms with van der Waals surface area (Å²) < 4.78 is 19.5. The third kappa shape index (κ3) is 7.94. The summed E-state index contributed by atoms with van der Waals surface area (Å²) in [7, 11) is 0. The maximum Gasteiger partial charge on any atom is 0.261 e. The van der Waals surface area contributed by atoms with Gasteiger partial charge in [-0.25, -0.2) is 4.39 Å². The van der Waals surface area contributed by atoms with E-state index in [1.165, 1.54) is 12.1 Å². The third-order valence-corrected chi connectivity index (χ3v) is 5.92. The molecular formula is C30H35FN2O3. The normalized spacial score (nSPS) is 11.7. The molecule has 0 aliphatic rings. The first-order valence-corrected chi connectivity index (χ1v) is 12.3. The number of ether oxygens (including phenoxy) is 1. The van der Waals surface area contributed by atoms with Gasteiger partial charge in [0.1, 0.15) is 17.6 Å². The molecule has 0 unspecified atom stereocenters. The molecule has 0 radical (unpaired) electrons. The second-order valence-electron chi connectivity index (χ2n) is 9.55. The van der Waals surface area contributed by atoms with Crippen molar-refractivity contribution >= 4 is 11.8 Å². The van der Waals surface area contributed by atoms with Crippen molar-refractivity contribution in [1.82, 2.24) is 10.2 Å². The zero-order valence-electron chi connectivity index (χ0n) is 21.5. The molecule has 0 bridgehead atoms. The molecule has 0 heterocycles. The van der Waals surface area contributed by atoms with Crippen LogP contribution < -0.4 is 10.1 Å². The van der Waals surface area contributed by atoms with Crippen LogP contribution in [0.5, 0.6) is 5.75 Å². The molecule has 0 aliphatic heterocycles. The van der Waals surface area contributed by atoms with Crippen molar-refractivity contribution in [3.05, 3.63) is 101 Å². The summed E-state index contributed by atoms with van der Waals surface area (Å²) in [5, 5.41) is 2.99. The fourth-order valence-electron chi connectivity index (χ4n) is 3.85. The van der Waals surface area contributed by atoms with E-state index >= 15 is 0 Å². The number of carbonyl (C=O) groups is 2. The van der Waals surface area contributed by atoms with Crippen LogP contribution in [0.4, 0.5) is 4.39 Å². The Morgan fingerprint density at radius 1 is 0.944 bits per heavy atom. The second-order valence-corrected chi connectivity index (χ2v) is 9.55. The predicted octanol–water partition coefficient (Wildman–Crippen LogP) is 5.23. The number of aryl methyl sites for hydroxylation is 2. The van der Waals surface area contributed by atoms with Crippen molar-refractivity contribution in [2.75, 3.05) is 13.2 Å². The van der Waals surface area contributed by atoms with E-state index in [1.54, 1.807) is 17.0 Å². The Kier molecular flexibility index (Phi) is 9.62. The van der Waals surface area contributed by atoms with Crippen LogP contribution in [0.15, 0.2) is 72.8 Å². The quantitative estimate of drug-likeness (QED) is 0.400. The molecule has 3 aromatic rings. The maximum absolute atomic E-state index is 13.6. The fourth-order valence-corrected chi connectivity index (χ4v) is 3.85. The van der Waals surface area contributed by atoms with Gasteiger partial charge in [0, 0.05) is 19.5 Å². The zero-order valence-corrected chi connectivity index (χ0v) is 21.5. The summed E-state index contributed by atoms with van der Waals surface area (Å²) in [5.74, 6) is -0.00448. The van der Waals surface area contributed by atoms with E-state index in [2.05, 4.69) is 5.32 Å². The number of nitrogens with zero attached hydrogens (tertiary/aromatic N) is 1. The van der Waals surface area contributed by atoms with Gasteiger partial charge in [-0.05, 0) is 60.2 Å². The molecule has 36 heavy (non-hydrogen) atoms. The second kappa shape index (κ2) is 12.9. The number of rotatable bonds is 11. The molecule has 190 valence electrons. The summed E-state index contributed by atoms with van der Waals surface area (Å²) in [6, 6.07) is 20.7. The molecule has 3 rings (SSSR count). The Labute approximate surface area is 213 Å². The van der Waals surface area contributed by atoms with Gasteiger partial charge in [0.15, 0.2) is 6.61 Å². The molecular weight excluding hydrogens is 455 g/mol. The highest BCUT2D eigenvalue weighted by Gasteiger charge is 2.30. The van der Waals surface area contributed by atoms with E-state index in [-0.39, 0.29) is 36.7 Å². The Morgan fingerprint density at radius 2 is 1.64 bits per heavy atom. The molecule has 0 saturated carbocycles. The summed E-state index contributed by atoms with van der Waals surface area (Å²) in [4.78, 5) is 28.6. The number of carbonyl (C=O) groups excluding carboxylic acids is 2. The zero-order chi connectivity index (χ0) is 26.1. The molecule has 6 heteroatoms. The molecule has 0 saturated heterocycles. The van der Waals surface area contributed by atoms with E-state index in [0.29, 0.717) is 18.7 Å². The van der Waals surface area contributed by atoms with Crippen molar-refractivity contribution in [3.8, 4) is 5.75 Å². The monoisotopic (exact) mass is 490 g/mol. The predicted molar refractivity (Wildman–Crippen MR) is 140 cm³/mol. The molecule has 5 nitrogen and oxygen atoms in total. The minimum Gasteiger partial charge on any atom is -0.483 e. The molecule has 1 N–H and O–H groups in total. The molecule has 2 amide bonds. The number of halogens is 1. The average Bonchev–Trinajstić information content (AvgIpc) is 2.86. The summed E-state index contributed by atoms with van der Waals surface area (Å²) >= 11 is 0. The van der Waals surface area contributed by atoms with E-state index in [4.69, 9.17) is 4.74 Å². The van der Waals surface area contributed by atoms with Gasteiger partial charge in [-0.3, -0.25) is 9.59 Å². The standard InChI is InChI=1S/C30H35FN2O3/c1-21(2)18-32-30(35)27(17-24-8-6-5-7-9-24)33(19-25-12-14-26(31)15-13-25)29(34)20-36-28-16-22(3)10-11-23(28)4/h5-16,21,27H,17-20H2,1-4H3,(H,32,35)/t27-/m0/s1. The summed E-state index contributed by atoms with van der Waals surface area (Å²) in [6.45, 7) is 8.37. The highest BCUT2D eigenvalue weighted by atomic mass is 19.1. The van der Waals surface area contributed by atoms with Crippen molar-refractivity contribution in [1.29, 1.82) is 0 Å². The first kappa shape index (κ1) is 26.9. The number of hydrogen-bond acceptors (Lipinski definition) is 3. The van der Waals surface area contributed by atoms with Crippen LogP contribution in [-0.4, -0.2) is 35.9 Å². The summed E-state index contributed by atoms with van der Waals surface area (Å²) in [6.07, 6.45) is 0.348. The van der Waals surface area contributed by atoms with Crippen LogP contribution >= 0.6 is 0 Å². The van der Waals surface area contributed by atoms with Gasteiger partial charge in [0.05, 0.1) is 0 Å². The number of hydrogen-bond donors (Lipinski definition) is 1. The van der Waals surface area contributed by atoms with E-state index in [9.17, 15) is 14.0 Å². The number of nitrogens with one attached hydrogen (secondary N) is 1. The average molecular weight is 491 g/mol. The van der Waals surface area contributed by atoms with Crippen LogP contribution in [0.1, 0.15) is 36.1 Å². The fraction of sp³-hybridized carbons (Fsp3) is 0.333. The lowest BCUT2D eigenvalue weighted by molar-refractivity contribution is -0.142. The van der Waals surface area contributed by atoms with Gasteiger partial charge in [0.25, 0.3) is 5.91 Å². The van der Waals surface area contributed by atoms with E-state index in [0.717, 1.165) is 22.3 Å². The van der Waals surface area contributed by atoms with Gasteiger partial charge in [-0.2, -0.15) is 0 Å². The van der Waals surface area contributed by atoms with Crippen LogP contribution in [0.25, 0.3) is 0 Å². The number of benzene rings is 3. The summed E-state index contributed by atoms with van der Waals surface area (Å²) in [5.41, 5.74) is 3.62. The molecule has 0 spiro atoms. The van der Waals surface area contributed by atoms with Gasteiger partial charge >= 0.3 is 0 Å². The first-order valence-electron chi connectivity index (χ1n) is 12.3. The topological polar surface area (TPSA) is 58.6 Å². The Hall–Kier alpha value is -3.67.